The highest BCUT2D eigenvalue weighted by molar-refractivity contribution is 7.90. The smallest absolute Gasteiger partial charge is 0.274 e. The Bertz CT molecular complexity index is 1220. The van der Waals surface area contributed by atoms with Gasteiger partial charge in [0.25, 0.3) is 5.91 Å². The molecule has 0 bridgehead atoms. The number of carbonyl (C=O) groups is 1. The predicted molar refractivity (Wildman–Crippen MR) is 127 cm³/mol. The first-order chi connectivity index (χ1) is 17.0. The number of likely N-dealkylation sites (tertiary alicyclic amines) is 1. The molecule has 0 aliphatic carbocycles. The number of fused-ring (bicyclic) bond motifs is 3. The second kappa shape index (κ2) is 9.27. The van der Waals surface area contributed by atoms with Gasteiger partial charge in [-0.15, -0.1) is 0 Å². The van der Waals surface area contributed by atoms with Gasteiger partial charge in [0.15, 0.2) is 10.7 Å². The van der Waals surface area contributed by atoms with Crippen LogP contribution in [-0.4, -0.2) is 97.5 Å². The van der Waals surface area contributed by atoms with Gasteiger partial charge in [0, 0.05) is 49.6 Å². The van der Waals surface area contributed by atoms with Gasteiger partial charge < -0.3 is 14.4 Å². The molecule has 0 aromatic carbocycles. The summed E-state index contributed by atoms with van der Waals surface area (Å²) in [4.78, 5) is 22.0. The maximum atomic E-state index is 13.6. The number of carbonyl (C=O) groups excluding carboxylic acids is 1. The number of morpholine rings is 1. The van der Waals surface area contributed by atoms with Gasteiger partial charge in [-0.25, -0.2) is 13.4 Å². The van der Waals surface area contributed by atoms with E-state index in [9.17, 15) is 13.2 Å². The van der Waals surface area contributed by atoms with E-state index in [2.05, 4.69) is 9.88 Å². The van der Waals surface area contributed by atoms with Crippen LogP contribution in [0.3, 0.4) is 0 Å². The van der Waals surface area contributed by atoms with Crippen LogP contribution in [0.4, 0.5) is 0 Å². The Hall–Kier alpha value is -2.34. The molecule has 2 atom stereocenters. The summed E-state index contributed by atoms with van der Waals surface area (Å²) in [6.45, 7) is 5.28. The summed E-state index contributed by atoms with van der Waals surface area (Å²) in [5, 5.41) is 4.95. The molecule has 0 saturated carbocycles. The Morgan fingerprint density at radius 2 is 1.86 bits per heavy atom. The van der Waals surface area contributed by atoms with Crippen LogP contribution in [-0.2, 0) is 25.1 Å². The Morgan fingerprint density at radius 1 is 1.03 bits per heavy atom. The zero-order chi connectivity index (χ0) is 24.0. The highest BCUT2D eigenvalue weighted by Crippen LogP contribution is 2.41. The van der Waals surface area contributed by atoms with E-state index in [0.717, 1.165) is 57.7 Å². The minimum absolute atomic E-state index is 0.0412. The Labute approximate surface area is 205 Å². The SMILES string of the molecule is O=C(c1nn([C@@H]2CCCN([C@H]3CCCOC3)C2)c2c1CS(=O)(=O)c1ncccc1-2)N1CCOCC1. The number of ether oxygens (including phenoxy) is 2. The van der Waals surface area contributed by atoms with Crippen molar-refractivity contribution in [1.82, 2.24) is 24.6 Å². The van der Waals surface area contributed by atoms with Crippen LogP contribution in [0.25, 0.3) is 11.3 Å². The van der Waals surface area contributed by atoms with E-state index < -0.39 is 9.84 Å². The third-order valence-electron chi connectivity index (χ3n) is 7.59. The monoisotopic (exact) mass is 501 g/mol. The molecule has 4 aliphatic heterocycles. The minimum Gasteiger partial charge on any atom is -0.380 e. The van der Waals surface area contributed by atoms with Crippen LogP contribution in [0.5, 0.6) is 0 Å². The van der Waals surface area contributed by atoms with E-state index in [1.54, 1.807) is 17.0 Å². The van der Waals surface area contributed by atoms with Crippen molar-refractivity contribution >= 4 is 15.7 Å². The first-order valence-electron chi connectivity index (χ1n) is 12.5. The number of pyridine rings is 1. The summed E-state index contributed by atoms with van der Waals surface area (Å²) in [7, 11) is -3.67. The first-order valence-corrected chi connectivity index (χ1v) is 14.2. The van der Waals surface area contributed by atoms with Gasteiger partial charge in [-0.3, -0.25) is 14.4 Å². The Balaban J connectivity index is 1.43. The van der Waals surface area contributed by atoms with Crippen LogP contribution >= 0.6 is 0 Å². The van der Waals surface area contributed by atoms with E-state index in [4.69, 9.17) is 14.6 Å². The molecule has 0 unspecified atom stereocenters. The van der Waals surface area contributed by atoms with E-state index in [0.29, 0.717) is 43.5 Å². The molecule has 11 heteroatoms. The van der Waals surface area contributed by atoms with Crippen LogP contribution in [0.2, 0.25) is 0 Å². The highest BCUT2D eigenvalue weighted by atomic mass is 32.2. The number of sulfone groups is 1. The molecule has 0 radical (unpaired) electrons. The lowest BCUT2D eigenvalue weighted by Gasteiger charge is -2.40. The summed E-state index contributed by atoms with van der Waals surface area (Å²) in [5.41, 5.74) is 2.02. The van der Waals surface area contributed by atoms with Gasteiger partial charge in [-0.05, 0) is 44.4 Å². The molecule has 4 aliphatic rings. The summed E-state index contributed by atoms with van der Waals surface area (Å²) in [5.74, 6) is -0.482. The molecule has 10 nitrogen and oxygen atoms in total. The van der Waals surface area contributed by atoms with Crippen molar-refractivity contribution in [2.75, 3.05) is 52.6 Å². The van der Waals surface area contributed by atoms with Crippen molar-refractivity contribution < 1.29 is 22.7 Å². The van der Waals surface area contributed by atoms with E-state index >= 15 is 0 Å². The van der Waals surface area contributed by atoms with Crippen molar-refractivity contribution in [3.63, 3.8) is 0 Å². The normalized spacial score (nSPS) is 26.7. The first kappa shape index (κ1) is 23.1. The molecule has 3 saturated heterocycles. The number of rotatable bonds is 3. The number of nitrogens with zero attached hydrogens (tertiary/aromatic N) is 5. The second-order valence-electron chi connectivity index (χ2n) is 9.80. The Morgan fingerprint density at radius 3 is 2.66 bits per heavy atom. The molecule has 188 valence electrons. The highest BCUT2D eigenvalue weighted by Gasteiger charge is 2.40. The van der Waals surface area contributed by atoms with Crippen molar-refractivity contribution in [3.05, 3.63) is 29.6 Å². The van der Waals surface area contributed by atoms with Gasteiger partial charge in [-0.1, -0.05) is 0 Å². The summed E-state index contributed by atoms with van der Waals surface area (Å²) < 4.78 is 39.4. The zero-order valence-electron chi connectivity index (χ0n) is 19.8. The fraction of sp³-hybridized carbons (Fsp3) is 0.625. The van der Waals surface area contributed by atoms with E-state index in [1.165, 1.54) is 6.20 Å². The number of hydrogen-bond acceptors (Lipinski definition) is 8. The van der Waals surface area contributed by atoms with Gasteiger partial charge in [0.2, 0.25) is 9.84 Å². The van der Waals surface area contributed by atoms with Gasteiger partial charge in [0.05, 0.1) is 37.3 Å². The van der Waals surface area contributed by atoms with Gasteiger partial charge in [0.1, 0.15) is 0 Å². The Kier molecular flexibility index (Phi) is 6.11. The lowest BCUT2D eigenvalue weighted by atomic mass is 10.00. The van der Waals surface area contributed by atoms with Gasteiger partial charge >= 0.3 is 0 Å². The number of piperidine rings is 1. The van der Waals surface area contributed by atoms with E-state index in [-0.39, 0.29) is 28.4 Å². The second-order valence-corrected chi connectivity index (χ2v) is 11.7. The summed E-state index contributed by atoms with van der Waals surface area (Å²) >= 11 is 0. The quantitative estimate of drug-likeness (QED) is 0.623. The topological polar surface area (TPSA) is 107 Å². The fourth-order valence-electron chi connectivity index (χ4n) is 5.85. The van der Waals surface area contributed by atoms with Gasteiger partial charge in [-0.2, -0.15) is 5.10 Å². The average molecular weight is 502 g/mol. The molecule has 3 fully saturated rings. The lowest BCUT2D eigenvalue weighted by Crippen LogP contribution is -2.47. The van der Waals surface area contributed by atoms with Crippen LogP contribution in [0, 0.1) is 0 Å². The number of hydrogen-bond donors (Lipinski definition) is 0. The maximum Gasteiger partial charge on any atom is 0.274 e. The van der Waals surface area contributed by atoms with Crippen LogP contribution < -0.4 is 0 Å². The van der Waals surface area contributed by atoms with Crippen molar-refractivity contribution in [3.8, 4) is 11.3 Å². The molecule has 0 spiro atoms. The molecular formula is C24H31N5O5S. The average Bonchev–Trinajstić information content (AvgIpc) is 3.28. The predicted octanol–water partition coefficient (Wildman–Crippen LogP) is 1.52. The van der Waals surface area contributed by atoms with E-state index in [1.807, 2.05) is 4.68 Å². The standard InChI is InChI=1S/C24H31N5O5S/c30-24(27-9-12-33-13-10-27)21-20-16-35(31,32)23-19(6-1-7-25-23)22(20)29(26-21)17-4-2-8-28(14-17)18-5-3-11-34-15-18/h1,6-7,17-18H,2-5,8-16H2/t17-,18+/m1/s1. The van der Waals surface area contributed by atoms with Crippen LogP contribution in [0.1, 0.15) is 47.8 Å². The molecular weight excluding hydrogens is 470 g/mol. The molecule has 2 aromatic heterocycles. The molecule has 6 rings (SSSR count). The molecule has 6 heterocycles. The molecule has 35 heavy (non-hydrogen) atoms. The molecule has 0 N–H and O–H groups in total. The number of amides is 1. The van der Waals surface area contributed by atoms with Crippen LogP contribution in [0.15, 0.2) is 23.4 Å². The largest absolute Gasteiger partial charge is 0.380 e. The van der Waals surface area contributed by atoms with Crippen molar-refractivity contribution in [2.24, 2.45) is 0 Å². The minimum atomic E-state index is -3.67. The maximum absolute atomic E-state index is 13.6. The third kappa shape index (κ3) is 4.18. The van der Waals surface area contributed by atoms with Crippen molar-refractivity contribution in [1.29, 1.82) is 0 Å². The number of aromatic nitrogens is 3. The summed E-state index contributed by atoms with van der Waals surface area (Å²) in [6.07, 6.45) is 5.63. The third-order valence-corrected chi connectivity index (χ3v) is 9.17. The molecule has 1 amide bonds. The summed E-state index contributed by atoms with van der Waals surface area (Å²) in [6, 6.07) is 3.96. The van der Waals surface area contributed by atoms with Crippen molar-refractivity contribution in [2.45, 2.75) is 48.5 Å². The molecule has 2 aromatic rings. The fourth-order valence-corrected chi connectivity index (χ4v) is 7.36. The zero-order valence-corrected chi connectivity index (χ0v) is 20.6. The lowest BCUT2D eigenvalue weighted by molar-refractivity contribution is 0.00208.